The molecule has 0 unspecified atom stereocenters. The number of aryl methyl sites for hydroxylation is 2. The van der Waals surface area contributed by atoms with Crippen LogP contribution in [-0.4, -0.2) is 6.29 Å². The Morgan fingerprint density at radius 2 is 1.73 bits per heavy atom. The third kappa shape index (κ3) is 1.54. The lowest BCUT2D eigenvalue weighted by molar-refractivity contribution is 0.112. The van der Waals surface area contributed by atoms with Gasteiger partial charge in [0.05, 0.1) is 0 Å². The first-order valence-corrected chi connectivity index (χ1v) is 5.09. The lowest BCUT2D eigenvalue weighted by Gasteiger charge is -2.09. The minimum absolute atomic E-state index is 0.797. The fraction of sp³-hybridized carbons (Fsp3) is 0.214. The molecule has 0 aliphatic rings. The van der Waals surface area contributed by atoms with E-state index in [1.54, 1.807) is 0 Å². The van der Waals surface area contributed by atoms with E-state index in [2.05, 4.69) is 32.0 Å². The molecule has 0 radical (unpaired) electrons. The van der Waals surface area contributed by atoms with Crippen molar-refractivity contribution in [2.24, 2.45) is 0 Å². The highest BCUT2D eigenvalue weighted by Crippen LogP contribution is 2.24. The molecule has 0 spiro atoms. The molecular weight excluding hydrogens is 184 g/mol. The van der Waals surface area contributed by atoms with Crippen LogP contribution >= 0.6 is 0 Å². The summed E-state index contributed by atoms with van der Waals surface area (Å²) in [5.41, 5.74) is 4.31. The number of aldehydes is 1. The Hall–Kier alpha value is -1.63. The SMILES string of the molecule is Cc1ccc2c(C)c(C)c(C=O)cc2c1. The smallest absolute Gasteiger partial charge is 0.150 e. The molecule has 76 valence electrons. The largest absolute Gasteiger partial charge is 0.298 e. The van der Waals surface area contributed by atoms with Gasteiger partial charge in [-0.2, -0.15) is 0 Å². The number of hydrogen-bond donors (Lipinski definition) is 0. The molecule has 0 aliphatic heterocycles. The quantitative estimate of drug-likeness (QED) is 0.640. The summed E-state index contributed by atoms with van der Waals surface area (Å²) in [4.78, 5) is 10.9. The highest BCUT2D eigenvalue weighted by molar-refractivity contribution is 5.93. The second-order valence-electron chi connectivity index (χ2n) is 4.06. The zero-order chi connectivity index (χ0) is 11.0. The Kier molecular flexibility index (Phi) is 2.31. The van der Waals surface area contributed by atoms with Crippen molar-refractivity contribution < 1.29 is 4.79 Å². The standard InChI is InChI=1S/C14H14O/c1-9-4-5-14-11(3)10(2)13(8-15)7-12(14)6-9/h4-8H,1-3H3. The van der Waals surface area contributed by atoms with Crippen LogP contribution in [0.2, 0.25) is 0 Å². The summed E-state index contributed by atoms with van der Waals surface area (Å²) in [5, 5.41) is 2.39. The maximum atomic E-state index is 10.9. The maximum absolute atomic E-state index is 10.9. The van der Waals surface area contributed by atoms with E-state index in [-0.39, 0.29) is 0 Å². The maximum Gasteiger partial charge on any atom is 0.150 e. The van der Waals surface area contributed by atoms with Gasteiger partial charge in [0.25, 0.3) is 0 Å². The van der Waals surface area contributed by atoms with Crippen LogP contribution in [-0.2, 0) is 0 Å². The van der Waals surface area contributed by atoms with Gasteiger partial charge in [0, 0.05) is 5.56 Å². The first-order chi connectivity index (χ1) is 7.13. The molecule has 0 atom stereocenters. The Morgan fingerprint density at radius 1 is 1.00 bits per heavy atom. The van der Waals surface area contributed by atoms with Crippen LogP contribution in [0.5, 0.6) is 0 Å². The van der Waals surface area contributed by atoms with E-state index in [1.165, 1.54) is 16.5 Å². The third-order valence-electron chi connectivity index (χ3n) is 3.04. The van der Waals surface area contributed by atoms with E-state index in [0.717, 1.165) is 22.8 Å². The molecule has 2 aromatic carbocycles. The van der Waals surface area contributed by atoms with Crippen molar-refractivity contribution in [2.45, 2.75) is 20.8 Å². The summed E-state index contributed by atoms with van der Waals surface area (Å²) in [6, 6.07) is 8.32. The predicted octanol–water partition coefficient (Wildman–Crippen LogP) is 3.58. The average molecular weight is 198 g/mol. The summed E-state index contributed by atoms with van der Waals surface area (Å²) in [6.07, 6.45) is 0.935. The van der Waals surface area contributed by atoms with E-state index in [0.29, 0.717) is 0 Å². The molecule has 0 saturated carbocycles. The van der Waals surface area contributed by atoms with Crippen molar-refractivity contribution in [1.29, 1.82) is 0 Å². The number of carbonyl (C=O) groups is 1. The monoisotopic (exact) mass is 198 g/mol. The van der Waals surface area contributed by atoms with Gasteiger partial charge in [0.15, 0.2) is 0 Å². The van der Waals surface area contributed by atoms with E-state index in [9.17, 15) is 4.79 Å². The molecule has 0 heterocycles. The van der Waals surface area contributed by atoms with Crippen molar-refractivity contribution in [3.05, 3.63) is 46.5 Å². The zero-order valence-electron chi connectivity index (χ0n) is 9.29. The van der Waals surface area contributed by atoms with Crippen LogP contribution in [0.3, 0.4) is 0 Å². The third-order valence-corrected chi connectivity index (χ3v) is 3.04. The van der Waals surface area contributed by atoms with Crippen LogP contribution in [0, 0.1) is 20.8 Å². The molecule has 0 bridgehead atoms. The summed E-state index contributed by atoms with van der Waals surface area (Å²) >= 11 is 0. The molecule has 0 fully saturated rings. The Balaban J connectivity index is 2.90. The molecule has 2 aromatic rings. The fourth-order valence-corrected chi connectivity index (χ4v) is 1.96. The second-order valence-corrected chi connectivity index (χ2v) is 4.06. The molecular formula is C14H14O. The molecule has 2 rings (SSSR count). The fourth-order valence-electron chi connectivity index (χ4n) is 1.96. The minimum atomic E-state index is 0.797. The second kappa shape index (κ2) is 3.50. The first-order valence-electron chi connectivity index (χ1n) is 5.09. The van der Waals surface area contributed by atoms with Gasteiger partial charge in [-0.3, -0.25) is 4.79 Å². The highest BCUT2D eigenvalue weighted by atomic mass is 16.1. The van der Waals surface area contributed by atoms with Crippen LogP contribution in [0.25, 0.3) is 10.8 Å². The molecule has 1 heteroatoms. The zero-order valence-corrected chi connectivity index (χ0v) is 9.29. The van der Waals surface area contributed by atoms with Gasteiger partial charge in [0.1, 0.15) is 6.29 Å². The number of benzene rings is 2. The van der Waals surface area contributed by atoms with Crippen LogP contribution < -0.4 is 0 Å². The molecule has 0 aliphatic carbocycles. The van der Waals surface area contributed by atoms with Crippen LogP contribution in [0.4, 0.5) is 0 Å². The van der Waals surface area contributed by atoms with Gasteiger partial charge in [0.2, 0.25) is 0 Å². The predicted molar refractivity (Wildman–Crippen MR) is 63.5 cm³/mol. The van der Waals surface area contributed by atoms with E-state index in [1.807, 2.05) is 13.0 Å². The van der Waals surface area contributed by atoms with E-state index >= 15 is 0 Å². The van der Waals surface area contributed by atoms with Crippen molar-refractivity contribution in [3.8, 4) is 0 Å². The lowest BCUT2D eigenvalue weighted by Crippen LogP contribution is -1.92. The molecule has 0 amide bonds. The summed E-state index contributed by atoms with van der Waals surface area (Å²) < 4.78 is 0. The molecule has 1 nitrogen and oxygen atoms in total. The van der Waals surface area contributed by atoms with Crippen molar-refractivity contribution in [1.82, 2.24) is 0 Å². The Morgan fingerprint density at radius 3 is 2.40 bits per heavy atom. The van der Waals surface area contributed by atoms with E-state index < -0.39 is 0 Å². The van der Waals surface area contributed by atoms with Gasteiger partial charge in [-0.25, -0.2) is 0 Å². The van der Waals surface area contributed by atoms with Crippen molar-refractivity contribution in [2.75, 3.05) is 0 Å². The molecule has 0 saturated heterocycles. The van der Waals surface area contributed by atoms with E-state index in [4.69, 9.17) is 0 Å². The van der Waals surface area contributed by atoms with Gasteiger partial charge in [-0.05, 0) is 48.7 Å². The van der Waals surface area contributed by atoms with Gasteiger partial charge in [-0.15, -0.1) is 0 Å². The normalized spacial score (nSPS) is 10.6. The molecule has 0 aromatic heterocycles. The number of carbonyl (C=O) groups excluding carboxylic acids is 1. The van der Waals surface area contributed by atoms with Gasteiger partial charge in [-0.1, -0.05) is 23.8 Å². The van der Waals surface area contributed by atoms with Gasteiger partial charge >= 0.3 is 0 Å². The van der Waals surface area contributed by atoms with Crippen LogP contribution in [0.1, 0.15) is 27.0 Å². The number of hydrogen-bond acceptors (Lipinski definition) is 1. The Bertz CT molecular complexity index is 539. The summed E-state index contributed by atoms with van der Waals surface area (Å²) in [6.45, 7) is 6.13. The van der Waals surface area contributed by atoms with Crippen LogP contribution in [0.15, 0.2) is 24.3 Å². The Labute approximate surface area is 89.7 Å². The van der Waals surface area contributed by atoms with Crippen molar-refractivity contribution in [3.63, 3.8) is 0 Å². The molecule has 15 heavy (non-hydrogen) atoms. The number of rotatable bonds is 1. The first kappa shape index (κ1) is 9.91. The lowest BCUT2D eigenvalue weighted by atomic mass is 9.95. The summed E-state index contributed by atoms with van der Waals surface area (Å²) in [7, 11) is 0. The number of fused-ring (bicyclic) bond motifs is 1. The van der Waals surface area contributed by atoms with Crippen molar-refractivity contribution >= 4 is 17.1 Å². The topological polar surface area (TPSA) is 17.1 Å². The minimum Gasteiger partial charge on any atom is -0.298 e. The highest BCUT2D eigenvalue weighted by Gasteiger charge is 2.05. The summed E-state index contributed by atoms with van der Waals surface area (Å²) in [5.74, 6) is 0. The molecule has 0 N–H and O–H groups in total. The van der Waals surface area contributed by atoms with Gasteiger partial charge < -0.3 is 0 Å². The average Bonchev–Trinajstić information content (AvgIpc) is 2.23.